The van der Waals surface area contributed by atoms with Crippen molar-refractivity contribution in [3.63, 3.8) is 0 Å². The number of carbonyl (C=O) groups excluding carboxylic acids is 2. The smallest absolute Gasteiger partial charge is 0.310 e. The second-order valence-electron chi connectivity index (χ2n) is 4.75. The molecule has 1 saturated heterocycles. The minimum Gasteiger partial charge on any atom is -0.469 e. The number of aromatic nitrogens is 2. The van der Waals surface area contributed by atoms with Gasteiger partial charge in [-0.05, 0) is 26.3 Å². The third kappa shape index (κ3) is 2.62. The number of carbonyl (C=O) groups is 2. The average Bonchev–Trinajstić information content (AvgIpc) is 3.03. The Balaban J connectivity index is 2.11. The molecule has 0 saturated carbocycles. The molecule has 1 aliphatic rings. The Morgan fingerprint density at radius 1 is 1.53 bits per heavy atom. The molecule has 2 heterocycles. The van der Waals surface area contributed by atoms with Crippen molar-refractivity contribution in [3.05, 3.63) is 17.5 Å². The van der Waals surface area contributed by atoms with Crippen LogP contribution < -0.4 is 0 Å². The first kappa shape index (κ1) is 13.6. The zero-order chi connectivity index (χ0) is 14.0. The summed E-state index contributed by atoms with van der Waals surface area (Å²) in [5, 5.41) is 4.27. The lowest BCUT2D eigenvalue weighted by Gasteiger charge is -2.16. The van der Waals surface area contributed by atoms with Crippen molar-refractivity contribution in [2.24, 2.45) is 5.92 Å². The summed E-state index contributed by atoms with van der Waals surface area (Å²) in [5.41, 5.74) is 1.42. The van der Waals surface area contributed by atoms with E-state index in [0.29, 0.717) is 31.7 Å². The molecule has 6 heteroatoms. The van der Waals surface area contributed by atoms with Gasteiger partial charge in [0.25, 0.3) is 5.91 Å². The predicted octanol–water partition coefficient (Wildman–Crippen LogP) is 0.847. The lowest BCUT2D eigenvalue weighted by molar-refractivity contribution is -0.144. The first-order chi connectivity index (χ1) is 9.06. The minimum atomic E-state index is -0.240. The van der Waals surface area contributed by atoms with Crippen LogP contribution in [0.3, 0.4) is 0 Å². The number of nitrogens with zero attached hydrogens (tertiary/aromatic N) is 3. The highest BCUT2D eigenvalue weighted by Gasteiger charge is 2.33. The fourth-order valence-corrected chi connectivity index (χ4v) is 2.42. The average molecular weight is 265 g/mol. The van der Waals surface area contributed by atoms with Crippen molar-refractivity contribution in [3.8, 4) is 0 Å². The van der Waals surface area contributed by atoms with Crippen LogP contribution in [0.5, 0.6) is 0 Å². The van der Waals surface area contributed by atoms with Crippen molar-refractivity contribution in [2.45, 2.75) is 26.8 Å². The molecule has 2 rings (SSSR count). The normalized spacial score (nSPS) is 18.7. The maximum Gasteiger partial charge on any atom is 0.310 e. The van der Waals surface area contributed by atoms with Crippen LogP contribution in [-0.2, 0) is 16.1 Å². The molecule has 1 unspecified atom stereocenters. The van der Waals surface area contributed by atoms with Crippen LogP contribution in [-0.4, -0.2) is 46.8 Å². The quantitative estimate of drug-likeness (QED) is 0.760. The van der Waals surface area contributed by atoms with E-state index in [1.807, 2.05) is 13.8 Å². The molecule has 1 amide bonds. The van der Waals surface area contributed by atoms with Gasteiger partial charge in [0.15, 0.2) is 0 Å². The van der Waals surface area contributed by atoms with E-state index in [1.54, 1.807) is 15.6 Å². The SMILES string of the molecule is CCn1nc(C)cc1C(=O)N1CCC(C(=O)OC)C1. The zero-order valence-corrected chi connectivity index (χ0v) is 11.5. The Morgan fingerprint density at radius 2 is 2.26 bits per heavy atom. The van der Waals surface area contributed by atoms with Crippen LogP contribution in [0.2, 0.25) is 0 Å². The van der Waals surface area contributed by atoms with Gasteiger partial charge < -0.3 is 9.64 Å². The van der Waals surface area contributed by atoms with E-state index in [4.69, 9.17) is 4.74 Å². The number of ether oxygens (including phenoxy) is 1. The molecule has 1 fully saturated rings. The van der Waals surface area contributed by atoms with Gasteiger partial charge >= 0.3 is 5.97 Å². The number of aryl methyl sites for hydroxylation is 2. The largest absolute Gasteiger partial charge is 0.469 e. The summed E-state index contributed by atoms with van der Waals surface area (Å²) in [5.74, 6) is -0.502. The minimum absolute atomic E-state index is 0.0612. The van der Waals surface area contributed by atoms with E-state index in [0.717, 1.165) is 5.69 Å². The van der Waals surface area contributed by atoms with Crippen LogP contribution in [0.25, 0.3) is 0 Å². The van der Waals surface area contributed by atoms with Crippen LogP contribution in [0, 0.1) is 12.8 Å². The van der Waals surface area contributed by atoms with Gasteiger partial charge in [-0.15, -0.1) is 0 Å². The maximum atomic E-state index is 12.4. The van der Waals surface area contributed by atoms with Gasteiger partial charge in [-0.1, -0.05) is 0 Å². The standard InChI is InChI=1S/C13H19N3O3/c1-4-16-11(7-9(2)14-16)12(17)15-6-5-10(8-15)13(18)19-3/h7,10H,4-6,8H2,1-3H3. The predicted molar refractivity (Wildman–Crippen MR) is 68.7 cm³/mol. The summed E-state index contributed by atoms with van der Waals surface area (Å²) in [7, 11) is 1.38. The summed E-state index contributed by atoms with van der Waals surface area (Å²) < 4.78 is 6.42. The fourth-order valence-electron chi connectivity index (χ4n) is 2.42. The summed E-state index contributed by atoms with van der Waals surface area (Å²) in [4.78, 5) is 25.6. The van der Waals surface area contributed by atoms with Gasteiger partial charge in [0.05, 0.1) is 18.7 Å². The molecule has 0 bridgehead atoms. The van der Waals surface area contributed by atoms with Gasteiger partial charge in [0, 0.05) is 19.6 Å². The fraction of sp³-hybridized carbons (Fsp3) is 0.615. The molecule has 0 N–H and O–H groups in total. The maximum absolute atomic E-state index is 12.4. The molecule has 1 aliphatic heterocycles. The van der Waals surface area contributed by atoms with E-state index < -0.39 is 0 Å². The van der Waals surface area contributed by atoms with Crippen molar-refractivity contribution < 1.29 is 14.3 Å². The van der Waals surface area contributed by atoms with Crippen molar-refractivity contribution in [1.29, 1.82) is 0 Å². The summed E-state index contributed by atoms with van der Waals surface area (Å²) in [6.07, 6.45) is 0.664. The highest BCUT2D eigenvalue weighted by Crippen LogP contribution is 2.20. The zero-order valence-electron chi connectivity index (χ0n) is 11.5. The molecule has 0 spiro atoms. The molecule has 1 aromatic heterocycles. The number of rotatable bonds is 3. The monoisotopic (exact) mass is 265 g/mol. The van der Waals surface area contributed by atoms with Gasteiger partial charge in [-0.2, -0.15) is 5.10 Å². The molecule has 1 atom stereocenters. The van der Waals surface area contributed by atoms with Gasteiger partial charge in [-0.25, -0.2) is 0 Å². The highest BCUT2D eigenvalue weighted by molar-refractivity contribution is 5.93. The molecule has 0 radical (unpaired) electrons. The Kier molecular flexibility index (Phi) is 3.87. The van der Waals surface area contributed by atoms with Gasteiger partial charge in [0.2, 0.25) is 0 Å². The molecular weight excluding hydrogens is 246 g/mol. The Hall–Kier alpha value is -1.85. The first-order valence-electron chi connectivity index (χ1n) is 6.48. The molecular formula is C13H19N3O3. The second-order valence-corrected chi connectivity index (χ2v) is 4.75. The molecule has 0 aliphatic carbocycles. The summed E-state index contributed by atoms with van der Waals surface area (Å²) in [6.45, 7) is 5.49. The number of methoxy groups -OCH3 is 1. The van der Waals surface area contributed by atoms with E-state index in [2.05, 4.69) is 5.10 Å². The third-order valence-electron chi connectivity index (χ3n) is 3.43. The van der Waals surface area contributed by atoms with Crippen molar-refractivity contribution >= 4 is 11.9 Å². The lowest BCUT2D eigenvalue weighted by atomic mass is 10.1. The Morgan fingerprint density at radius 3 is 2.89 bits per heavy atom. The molecule has 0 aromatic carbocycles. The Labute approximate surface area is 112 Å². The van der Waals surface area contributed by atoms with Gasteiger partial charge in [0.1, 0.15) is 5.69 Å². The van der Waals surface area contributed by atoms with E-state index in [-0.39, 0.29) is 17.8 Å². The third-order valence-corrected chi connectivity index (χ3v) is 3.43. The number of amides is 1. The highest BCUT2D eigenvalue weighted by atomic mass is 16.5. The second kappa shape index (κ2) is 5.42. The van der Waals surface area contributed by atoms with E-state index >= 15 is 0 Å². The molecule has 104 valence electrons. The van der Waals surface area contributed by atoms with Crippen molar-refractivity contribution in [1.82, 2.24) is 14.7 Å². The first-order valence-corrected chi connectivity index (χ1v) is 6.48. The molecule has 19 heavy (non-hydrogen) atoms. The number of hydrogen-bond donors (Lipinski definition) is 0. The van der Waals surface area contributed by atoms with E-state index in [9.17, 15) is 9.59 Å². The summed E-state index contributed by atoms with van der Waals surface area (Å²) in [6, 6.07) is 1.79. The summed E-state index contributed by atoms with van der Waals surface area (Å²) >= 11 is 0. The van der Waals surface area contributed by atoms with Crippen LogP contribution in [0.4, 0.5) is 0 Å². The number of likely N-dealkylation sites (tertiary alicyclic amines) is 1. The topological polar surface area (TPSA) is 64.4 Å². The number of hydrogen-bond acceptors (Lipinski definition) is 4. The lowest BCUT2D eigenvalue weighted by Crippen LogP contribution is -2.31. The van der Waals surface area contributed by atoms with Crippen LogP contribution in [0.1, 0.15) is 29.5 Å². The number of esters is 1. The van der Waals surface area contributed by atoms with Crippen LogP contribution >= 0.6 is 0 Å². The van der Waals surface area contributed by atoms with Gasteiger partial charge in [-0.3, -0.25) is 14.3 Å². The van der Waals surface area contributed by atoms with Crippen molar-refractivity contribution in [2.75, 3.05) is 20.2 Å². The molecule has 6 nitrogen and oxygen atoms in total. The van der Waals surface area contributed by atoms with E-state index in [1.165, 1.54) is 7.11 Å². The van der Waals surface area contributed by atoms with Crippen LogP contribution in [0.15, 0.2) is 6.07 Å². The molecule has 1 aromatic rings. The Bertz CT molecular complexity index is 495.